The number of benzene rings is 2. The van der Waals surface area contributed by atoms with Crippen LogP contribution in [0.2, 0.25) is 0 Å². The van der Waals surface area contributed by atoms with Crippen LogP contribution in [0.15, 0.2) is 65.3 Å². The molecule has 0 spiro atoms. The van der Waals surface area contributed by atoms with Gasteiger partial charge in [-0.25, -0.2) is 0 Å². The van der Waals surface area contributed by atoms with E-state index < -0.39 is 116 Å². The zero-order chi connectivity index (χ0) is 56.7. The van der Waals surface area contributed by atoms with Crippen LogP contribution in [-0.4, -0.2) is 156 Å². The highest BCUT2D eigenvalue weighted by Gasteiger charge is 2.37. The number of aliphatic hydroxyl groups is 3. The molecule has 1 saturated heterocycles. The molecule has 0 aromatic heterocycles. The molecule has 0 bridgehead atoms. The maximum absolute atomic E-state index is 14.1. The number of guanidine groups is 1. The summed E-state index contributed by atoms with van der Waals surface area (Å²) in [7, 11) is 0. The second kappa shape index (κ2) is 31.3. The van der Waals surface area contributed by atoms with Gasteiger partial charge >= 0.3 is 0 Å². The van der Waals surface area contributed by atoms with Gasteiger partial charge in [-0.1, -0.05) is 77.1 Å². The minimum absolute atomic E-state index is 0.00471. The molecule has 1 heterocycles. The van der Waals surface area contributed by atoms with E-state index in [2.05, 4.69) is 68.3 Å². The zero-order valence-corrected chi connectivity index (χ0v) is 44.4. The van der Waals surface area contributed by atoms with Crippen molar-refractivity contribution in [3.8, 4) is 5.75 Å². The Kier molecular flexibility index (Phi) is 26.2. The van der Waals surface area contributed by atoms with Crippen LogP contribution in [0.1, 0.15) is 83.9 Å². The summed E-state index contributed by atoms with van der Waals surface area (Å²) >= 11 is 0. The molecule has 6 unspecified atom stereocenters. The number of carbonyl (C=O) groups is 7. The van der Waals surface area contributed by atoms with Gasteiger partial charge in [-0.05, 0) is 79.3 Å². The number of carbonyl (C=O) groups excluding carboxylic acids is 7. The molecule has 21 N–H and O–H groups in total. The third kappa shape index (κ3) is 21.1. The zero-order valence-electron chi connectivity index (χ0n) is 44.4. The third-order valence-electron chi connectivity index (χ3n) is 12.2. The average Bonchev–Trinajstić information content (AvgIpc) is 3.37. The predicted molar refractivity (Wildman–Crippen MR) is 285 cm³/mol. The van der Waals surface area contributed by atoms with Crippen molar-refractivity contribution in [1.82, 2.24) is 42.5 Å². The molecule has 76 heavy (non-hydrogen) atoms. The number of nitrogens with zero attached hydrogens (tertiary/aromatic N) is 1. The lowest BCUT2D eigenvalue weighted by atomic mass is 9.87. The van der Waals surface area contributed by atoms with Gasteiger partial charge in [-0.2, -0.15) is 0 Å². The van der Waals surface area contributed by atoms with Gasteiger partial charge in [0.2, 0.25) is 35.4 Å². The second-order valence-corrected chi connectivity index (χ2v) is 20.0. The SMILES string of the molecule is C/C=C1\NC(=O)C(NC(=O)Cc2ccc(OCc3ccc(C(C)(C)C)cc3)cc2)C(O)CNC(=O)C(C(O)CN)NC(=O)C(C(O)CN)NC(=O)[C@H](CCCN=C(N)N)NC[C@H](CC(C)C)NC(=O)[C@H](CCN)NC1=O. The van der Waals surface area contributed by atoms with Crippen LogP contribution in [0.3, 0.4) is 0 Å². The van der Waals surface area contributed by atoms with Crippen LogP contribution in [0.5, 0.6) is 5.75 Å². The van der Waals surface area contributed by atoms with Crippen molar-refractivity contribution in [1.29, 1.82) is 0 Å². The number of rotatable bonds is 18. The number of amides is 7. The number of allylic oxidation sites excluding steroid dienone is 1. The summed E-state index contributed by atoms with van der Waals surface area (Å²) in [5, 5.41) is 54.0. The van der Waals surface area contributed by atoms with E-state index in [4.69, 9.17) is 33.4 Å². The van der Waals surface area contributed by atoms with Crippen LogP contribution in [-0.2, 0) is 52.0 Å². The van der Waals surface area contributed by atoms with Gasteiger partial charge in [0.1, 0.15) is 48.3 Å². The molecule has 3 rings (SSSR count). The van der Waals surface area contributed by atoms with Gasteiger partial charge in [0, 0.05) is 38.8 Å². The molecule has 1 fully saturated rings. The van der Waals surface area contributed by atoms with Gasteiger partial charge in [0.15, 0.2) is 5.96 Å². The molecular weight excluding hydrogens is 985 g/mol. The van der Waals surface area contributed by atoms with Crippen molar-refractivity contribution in [2.75, 3.05) is 39.3 Å². The summed E-state index contributed by atoms with van der Waals surface area (Å²) in [6.45, 7) is 9.96. The number of hydrogen-bond donors (Lipinski definition) is 16. The lowest BCUT2D eigenvalue weighted by Gasteiger charge is -2.30. The van der Waals surface area contributed by atoms with Crippen LogP contribution in [0.25, 0.3) is 0 Å². The molecule has 9 atom stereocenters. The van der Waals surface area contributed by atoms with Crippen molar-refractivity contribution in [3.63, 3.8) is 0 Å². The van der Waals surface area contributed by atoms with Crippen molar-refractivity contribution < 1.29 is 53.6 Å². The third-order valence-corrected chi connectivity index (χ3v) is 12.2. The fraction of sp³-hybridized carbons (Fsp3) is 0.569. The van der Waals surface area contributed by atoms with Crippen molar-refractivity contribution in [3.05, 3.63) is 77.0 Å². The first kappa shape index (κ1) is 63.6. The molecule has 422 valence electrons. The Balaban J connectivity index is 2.01. The summed E-state index contributed by atoms with van der Waals surface area (Å²) in [5.74, 6) is -6.26. The molecule has 1 aliphatic heterocycles. The Hall–Kier alpha value is -6.74. The summed E-state index contributed by atoms with van der Waals surface area (Å²) < 4.78 is 5.96. The smallest absolute Gasteiger partial charge is 0.268 e. The molecule has 1 aliphatic rings. The Morgan fingerprint density at radius 3 is 1.95 bits per heavy atom. The van der Waals surface area contributed by atoms with Crippen LogP contribution < -0.4 is 75.9 Å². The summed E-state index contributed by atoms with van der Waals surface area (Å²) in [4.78, 5) is 101. The largest absolute Gasteiger partial charge is 0.489 e. The van der Waals surface area contributed by atoms with Gasteiger partial charge in [-0.15, -0.1) is 0 Å². The van der Waals surface area contributed by atoms with Crippen LogP contribution in [0, 0.1) is 5.92 Å². The molecule has 0 radical (unpaired) electrons. The van der Waals surface area contributed by atoms with E-state index in [1.807, 2.05) is 38.1 Å². The van der Waals surface area contributed by atoms with Crippen LogP contribution >= 0.6 is 0 Å². The van der Waals surface area contributed by atoms with Gasteiger partial charge in [0.25, 0.3) is 5.91 Å². The number of hydrogen-bond acceptors (Lipinski definition) is 16. The van der Waals surface area contributed by atoms with E-state index in [-0.39, 0.29) is 74.9 Å². The van der Waals surface area contributed by atoms with Crippen molar-refractivity contribution in [2.24, 2.45) is 39.6 Å². The predicted octanol–water partition coefficient (Wildman–Crippen LogP) is -3.91. The van der Waals surface area contributed by atoms with E-state index in [0.29, 0.717) is 17.7 Å². The van der Waals surface area contributed by atoms with Crippen molar-refractivity contribution in [2.45, 2.75) is 140 Å². The normalized spacial score (nSPS) is 23.4. The number of nitrogens with two attached hydrogens (primary N) is 5. The molecule has 2 aromatic rings. The lowest BCUT2D eigenvalue weighted by Crippen LogP contribution is -2.64. The number of β-amino-alcohol motifs (C(OH)–C–C–N with tert-alkyl or cyclic N) is 1. The minimum Gasteiger partial charge on any atom is -0.489 e. The highest BCUT2D eigenvalue weighted by Crippen LogP contribution is 2.23. The first-order valence-electron chi connectivity index (χ1n) is 25.4. The summed E-state index contributed by atoms with van der Waals surface area (Å²) in [5.41, 5.74) is 30.6. The topological polar surface area (TPSA) is 428 Å². The van der Waals surface area contributed by atoms with E-state index in [1.54, 1.807) is 24.3 Å². The molecule has 7 amide bonds. The van der Waals surface area contributed by atoms with E-state index >= 15 is 0 Å². The molecule has 0 aliphatic carbocycles. The Bertz CT molecular complexity index is 2290. The average molecular weight is 1070 g/mol. The summed E-state index contributed by atoms with van der Waals surface area (Å²) in [6.07, 6.45) is -3.92. The highest BCUT2D eigenvalue weighted by molar-refractivity contribution is 6.01. The van der Waals surface area contributed by atoms with Gasteiger partial charge < -0.3 is 91.3 Å². The quantitative estimate of drug-likeness (QED) is 0.0294. The molecule has 25 heteroatoms. The fourth-order valence-corrected chi connectivity index (χ4v) is 7.91. The first-order chi connectivity index (χ1) is 35.9. The van der Waals surface area contributed by atoms with Crippen molar-refractivity contribution >= 4 is 47.3 Å². The minimum atomic E-state index is -1.95. The number of aliphatic imine (C=N–C) groups is 1. The second-order valence-electron chi connectivity index (χ2n) is 20.0. The van der Waals surface area contributed by atoms with E-state index in [0.717, 1.165) is 5.56 Å². The Morgan fingerprint density at radius 1 is 0.789 bits per heavy atom. The number of ether oxygens (including phenoxy) is 1. The Morgan fingerprint density at radius 2 is 1.38 bits per heavy atom. The number of nitrogens with one attached hydrogen (secondary N) is 8. The highest BCUT2D eigenvalue weighted by atomic mass is 16.5. The monoisotopic (exact) mass is 1070 g/mol. The first-order valence-corrected chi connectivity index (χ1v) is 25.4. The molecule has 0 saturated carbocycles. The molecule has 25 nitrogen and oxygen atoms in total. The van der Waals surface area contributed by atoms with Crippen LogP contribution in [0.4, 0.5) is 0 Å². The lowest BCUT2D eigenvalue weighted by molar-refractivity contribution is -0.137. The van der Waals surface area contributed by atoms with Gasteiger partial charge in [0.05, 0.1) is 24.7 Å². The standard InChI is InChI=1S/C51H82N14O11/c1-7-34-44(70)62-36(18-19-52)46(72)60-32(21-28(2)3)25-58-35(9-8-20-57-50(55)56)45(71)64-42(38(67)24-54)49(75)65-41(37(66)23-53)47(73)59-26-39(68)43(48(74)61-34)63-40(69)22-29-12-16-33(17-13-29)76-27-30-10-14-31(15-11-30)51(4,5)6/h7,10-17,28,32,35-39,41-43,58,66-68H,8-9,18-27,52-54H2,1-6H3,(H,59,73)(H,60,72)(H,61,74)(H,62,70)(H,63,69)(H,64,71)(H,65,75)(H4,55,56,57)/b34-7-/t32-,35-,36-,37?,38?,39?,41?,42?,43?/m0/s1. The maximum atomic E-state index is 14.1. The van der Waals surface area contributed by atoms with E-state index in [9.17, 15) is 48.9 Å². The summed E-state index contributed by atoms with van der Waals surface area (Å²) in [6, 6.07) is 6.07. The molecular formula is C51H82N14O11. The Labute approximate surface area is 444 Å². The van der Waals surface area contributed by atoms with E-state index in [1.165, 1.54) is 18.6 Å². The van der Waals surface area contributed by atoms with Gasteiger partial charge in [-0.3, -0.25) is 38.6 Å². The fourth-order valence-electron chi connectivity index (χ4n) is 7.91. The number of aliphatic hydroxyl groups excluding tert-OH is 3. The molecule has 2 aromatic carbocycles. The maximum Gasteiger partial charge on any atom is 0.268 e.